The Kier molecular flexibility index (Phi) is 4.06. The number of para-hydroxylation sites is 1. The molecule has 0 unspecified atom stereocenters. The van der Waals surface area contributed by atoms with E-state index in [2.05, 4.69) is 5.32 Å². The second-order valence-electron chi connectivity index (χ2n) is 4.49. The van der Waals surface area contributed by atoms with Crippen LogP contribution in [0.5, 0.6) is 5.75 Å². The van der Waals surface area contributed by atoms with Gasteiger partial charge in [0, 0.05) is 13.0 Å². The Balaban J connectivity index is 1.88. The highest BCUT2D eigenvalue weighted by Crippen LogP contribution is 2.16. The van der Waals surface area contributed by atoms with Gasteiger partial charge in [-0.25, -0.2) is 8.42 Å². The zero-order valence-electron chi connectivity index (χ0n) is 10.5. The van der Waals surface area contributed by atoms with Crippen molar-refractivity contribution in [3.05, 3.63) is 30.3 Å². The molecule has 1 aromatic carbocycles. The molecule has 0 radical (unpaired) electrons. The maximum Gasteiger partial charge on any atom is 0.250 e. The van der Waals surface area contributed by atoms with E-state index < -0.39 is 22.0 Å². The summed E-state index contributed by atoms with van der Waals surface area (Å²) in [6.45, 7) is 0.511. The van der Waals surface area contributed by atoms with E-state index in [1.54, 1.807) is 0 Å². The van der Waals surface area contributed by atoms with Crippen LogP contribution >= 0.6 is 0 Å². The number of nitrogens with one attached hydrogen (secondary N) is 2. The first kappa shape index (κ1) is 13.8. The molecule has 0 aromatic heterocycles. The molecule has 104 valence electrons. The highest BCUT2D eigenvalue weighted by atomic mass is 32.2. The predicted octanol–water partition coefficient (Wildman–Crippen LogP) is -0.128. The van der Waals surface area contributed by atoms with Crippen molar-refractivity contribution in [3.8, 4) is 5.75 Å². The van der Waals surface area contributed by atoms with E-state index in [0.29, 0.717) is 13.0 Å². The maximum absolute atomic E-state index is 11.7. The number of carbonyl (C=O) groups is 1. The number of hydrogen-bond acceptors (Lipinski definition) is 5. The van der Waals surface area contributed by atoms with Crippen LogP contribution in [0.4, 0.5) is 0 Å². The Bertz CT molecular complexity index is 544. The lowest BCUT2D eigenvalue weighted by Crippen LogP contribution is -2.42. The quantitative estimate of drug-likeness (QED) is 0.804. The molecular weight excluding hydrogens is 268 g/mol. The molecule has 2 rings (SSSR count). The minimum absolute atomic E-state index is 0.141. The van der Waals surface area contributed by atoms with Gasteiger partial charge in [-0.15, -0.1) is 0 Å². The van der Waals surface area contributed by atoms with Crippen LogP contribution in [0.3, 0.4) is 0 Å². The Morgan fingerprint density at radius 3 is 2.68 bits per heavy atom. The molecule has 7 heteroatoms. The van der Waals surface area contributed by atoms with Crippen molar-refractivity contribution in [2.45, 2.75) is 18.6 Å². The Hall–Kier alpha value is -1.60. The van der Waals surface area contributed by atoms with Gasteiger partial charge < -0.3 is 10.1 Å². The number of ether oxygens (including phenoxy) is 1. The fourth-order valence-corrected chi connectivity index (χ4v) is 2.45. The molecule has 6 nitrogen and oxygen atoms in total. The molecule has 0 saturated carbocycles. The topological polar surface area (TPSA) is 84.5 Å². The summed E-state index contributed by atoms with van der Waals surface area (Å²) in [5.74, 6) is 0.195. The molecule has 19 heavy (non-hydrogen) atoms. The van der Waals surface area contributed by atoms with Crippen LogP contribution in [0, 0.1) is 0 Å². The fraction of sp³-hybridized carbons (Fsp3) is 0.417. The lowest BCUT2D eigenvalue weighted by molar-refractivity contribution is -0.121. The molecule has 2 atom stereocenters. The molecule has 0 spiro atoms. The van der Waals surface area contributed by atoms with Gasteiger partial charge >= 0.3 is 0 Å². The summed E-state index contributed by atoms with van der Waals surface area (Å²) in [5, 5.41) is 2.95. The Morgan fingerprint density at radius 1 is 1.37 bits per heavy atom. The minimum Gasteiger partial charge on any atom is -0.489 e. The van der Waals surface area contributed by atoms with Crippen LogP contribution in [0.1, 0.15) is 6.42 Å². The molecule has 1 aliphatic rings. The first-order valence-electron chi connectivity index (χ1n) is 5.91. The van der Waals surface area contributed by atoms with Crippen LogP contribution in [0.15, 0.2) is 30.3 Å². The zero-order chi connectivity index (χ0) is 13.9. The summed E-state index contributed by atoms with van der Waals surface area (Å²) in [7, 11) is -3.52. The summed E-state index contributed by atoms with van der Waals surface area (Å²) in [6, 6.07) is 8.76. The second kappa shape index (κ2) is 5.58. The Labute approximate surface area is 112 Å². The van der Waals surface area contributed by atoms with Crippen molar-refractivity contribution in [1.29, 1.82) is 0 Å². The molecular formula is C12H16N2O4S. The van der Waals surface area contributed by atoms with E-state index in [-0.39, 0.29) is 6.10 Å². The van der Waals surface area contributed by atoms with Gasteiger partial charge in [-0.1, -0.05) is 18.2 Å². The normalized spacial score (nSPS) is 23.0. The van der Waals surface area contributed by atoms with Crippen molar-refractivity contribution >= 4 is 15.9 Å². The average Bonchev–Trinajstić information content (AvgIpc) is 2.77. The third-order valence-electron chi connectivity index (χ3n) is 2.74. The first-order chi connectivity index (χ1) is 8.94. The first-order valence-corrected chi connectivity index (χ1v) is 7.80. The van der Waals surface area contributed by atoms with Gasteiger partial charge in [-0.3, -0.25) is 9.52 Å². The monoisotopic (exact) mass is 284 g/mol. The third kappa shape index (κ3) is 4.22. The predicted molar refractivity (Wildman–Crippen MR) is 70.3 cm³/mol. The molecule has 1 aromatic rings. The SMILES string of the molecule is CS(=O)(=O)NC(=O)[C@@H]1C[C@H](Oc2ccccc2)CN1. The molecule has 0 aliphatic carbocycles. The highest BCUT2D eigenvalue weighted by molar-refractivity contribution is 7.89. The molecule has 1 aliphatic heterocycles. The van der Waals surface area contributed by atoms with Gasteiger partial charge in [0.1, 0.15) is 11.9 Å². The van der Waals surface area contributed by atoms with Crippen LogP contribution < -0.4 is 14.8 Å². The number of benzene rings is 1. The molecule has 0 bridgehead atoms. The van der Waals surface area contributed by atoms with Gasteiger partial charge in [-0.05, 0) is 12.1 Å². The fourth-order valence-electron chi connectivity index (χ4n) is 1.94. The van der Waals surface area contributed by atoms with E-state index in [0.717, 1.165) is 12.0 Å². The van der Waals surface area contributed by atoms with E-state index in [1.807, 2.05) is 35.1 Å². The molecule has 1 saturated heterocycles. The number of hydrogen-bond donors (Lipinski definition) is 2. The van der Waals surface area contributed by atoms with Crippen molar-refractivity contribution < 1.29 is 17.9 Å². The summed E-state index contributed by atoms with van der Waals surface area (Å²) >= 11 is 0. The van der Waals surface area contributed by atoms with E-state index in [1.165, 1.54) is 0 Å². The minimum atomic E-state index is -3.52. The second-order valence-corrected chi connectivity index (χ2v) is 6.24. The van der Waals surface area contributed by atoms with Crippen molar-refractivity contribution in [2.24, 2.45) is 0 Å². The van der Waals surface area contributed by atoms with Crippen molar-refractivity contribution in [1.82, 2.24) is 10.0 Å². The summed E-state index contributed by atoms with van der Waals surface area (Å²) < 4.78 is 29.6. The summed E-state index contributed by atoms with van der Waals surface area (Å²) in [6.07, 6.45) is 1.26. The van der Waals surface area contributed by atoms with Crippen LogP contribution in [0.25, 0.3) is 0 Å². The number of rotatable bonds is 4. The summed E-state index contributed by atoms with van der Waals surface area (Å²) in [5.41, 5.74) is 0. The van der Waals surface area contributed by atoms with E-state index >= 15 is 0 Å². The zero-order valence-corrected chi connectivity index (χ0v) is 11.3. The maximum atomic E-state index is 11.7. The smallest absolute Gasteiger partial charge is 0.250 e. The van der Waals surface area contributed by atoms with E-state index in [4.69, 9.17) is 4.74 Å². The number of amides is 1. The molecule has 2 N–H and O–H groups in total. The average molecular weight is 284 g/mol. The van der Waals surface area contributed by atoms with Crippen LogP contribution in [-0.2, 0) is 14.8 Å². The van der Waals surface area contributed by atoms with Crippen LogP contribution in [0.2, 0.25) is 0 Å². The standard InChI is InChI=1S/C12H16N2O4S/c1-19(16,17)14-12(15)11-7-10(8-13-11)18-9-5-3-2-4-6-9/h2-6,10-11,13H,7-8H2,1H3,(H,14,15)/t10-,11-/m0/s1. The lowest BCUT2D eigenvalue weighted by atomic mass is 10.2. The third-order valence-corrected chi connectivity index (χ3v) is 3.31. The van der Waals surface area contributed by atoms with Crippen molar-refractivity contribution in [3.63, 3.8) is 0 Å². The number of carbonyl (C=O) groups excluding carboxylic acids is 1. The van der Waals surface area contributed by atoms with Gasteiger partial charge in [0.05, 0.1) is 12.3 Å². The van der Waals surface area contributed by atoms with E-state index in [9.17, 15) is 13.2 Å². The van der Waals surface area contributed by atoms with Gasteiger partial charge in [0.15, 0.2) is 0 Å². The summed E-state index contributed by atoms with van der Waals surface area (Å²) in [4.78, 5) is 11.7. The van der Waals surface area contributed by atoms with Crippen molar-refractivity contribution in [2.75, 3.05) is 12.8 Å². The van der Waals surface area contributed by atoms with Gasteiger partial charge in [0.25, 0.3) is 5.91 Å². The molecule has 1 amide bonds. The largest absolute Gasteiger partial charge is 0.489 e. The number of sulfonamides is 1. The highest BCUT2D eigenvalue weighted by Gasteiger charge is 2.31. The Morgan fingerprint density at radius 2 is 2.05 bits per heavy atom. The van der Waals surface area contributed by atoms with Gasteiger partial charge in [-0.2, -0.15) is 0 Å². The molecule has 1 fully saturated rings. The molecule has 1 heterocycles. The van der Waals surface area contributed by atoms with Crippen LogP contribution in [-0.4, -0.2) is 39.3 Å². The van der Waals surface area contributed by atoms with Gasteiger partial charge in [0.2, 0.25) is 10.0 Å². The lowest BCUT2D eigenvalue weighted by Gasteiger charge is -2.12.